The maximum Gasteiger partial charge on any atom is 0.341 e. The van der Waals surface area contributed by atoms with Crippen LogP contribution < -0.4 is 5.32 Å². The van der Waals surface area contributed by atoms with Gasteiger partial charge in [0.25, 0.3) is 0 Å². The van der Waals surface area contributed by atoms with E-state index in [4.69, 9.17) is 9.47 Å². The minimum atomic E-state index is -0.638. The molecule has 0 spiro atoms. The zero-order chi connectivity index (χ0) is 26.2. The summed E-state index contributed by atoms with van der Waals surface area (Å²) < 4.78 is 10.3. The van der Waals surface area contributed by atoms with Crippen LogP contribution in [0.2, 0.25) is 0 Å². The molecule has 3 aromatic rings. The van der Waals surface area contributed by atoms with Gasteiger partial charge in [-0.2, -0.15) is 0 Å². The van der Waals surface area contributed by atoms with Gasteiger partial charge >= 0.3 is 11.9 Å². The van der Waals surface area contributed by atoms with Gasteiger partial charge in [0, 0.05) is 16.9 Å². The van der Waals surface area contributed by atoms with Crippen molar-refractivity contribution in [1.29, 1.82) is 0 Å². The van der Waals surface area contributed by atoms with Crippen LogP contribution in [0.5, 0.6) is 0 Å². The first-order valence-electron chi connectivity index (χ1n) is 12.4. The third kappa shape index (κ3) is 6.71. The number of nitrogens with one attached hydrogen (secondary N) is 1. The molecule has 0 fully saturated rings. The van der Waals surface area contributed by atoms with Crippen molar-refractivity contribution in [2.45, 2.75) is 44.9 Å². The third-order valence-electron chi connectivity index (χ3n) is 6.28. The maximum atomic E-state index is 12.8. The number of carbonyl (C=O) groups excluding carboxylic acids is 4. The van der Waals surface area contributed by atoms with Gasteiger partial charge < -0.3 is 14.8 Å². The number of fused-ring (bicyclic) bond motifs is 1. The lowest BCUT2D eigenvalue weighted by molar-refractivity contribution is -0.143. The number of esters is 2. The SMILES string of the molecule is CCOC(=O)c1c(NC(=O)CCC(=O)OCC(=O)c2ccccc2)sc2c1CC[C@H](c1ccccc1)C2. The number of Topliss-reactive ketones (excluding diaryl/α,β-unsaturated/α-hetero) is 1. The Bertz CT molecular complexity index is 1270. The van der Waals surface area contributed by atoms with E-state index in [0.29, 0.717) is 22.0 Å². The molecule has 7 nitrogen and oxygen atoms in total. The van der Waals surface area contributed by atoms with E-state index in [1.165, 1.54) is 16.9 Å². The predicted molar refractivity (Wildman–Crippen MR) is 141 cm³/mol. The molecule has 1 N–H and O–H groups in total. The highest BCUT2D eigenvalue weighted by molar-refractivity contribution is 7.17. The fourth-order valence-electron chi connectivity index (χ4n) is 4.43. The molecule has 2 aromatic carbocycles. The number of ether oxygens (including phenoxy) is 2. The summed E-state index contributed by atoms with van der Waals surface area (Å²) in [6, 6.07) is 18.8. The van der Waals surface area contributed by atoms with Crippen LogP contribution in [0.4, 0.5) is 5.00 Å². The van der Waals surface area contributed by atoms with Crippen LogP contribution in [0.3, 0.4) is 0 Å². The van der Waals surface area contributed by atoms with Crippen LogP contribution in [-0.2, 0) is 31.9 Å². The maximum absolute atomic E-state index is 12.8. The van der Waals surface area contributed by atoms with E-state index in [-0.39, 0.29) is 31.8 Å². The molecule has 192 valence electrons. The van der Waals surface area contributed by atoms with Crippen LogP contribution in [0.15, 0.2) is 60.7 Å². The molecule has 1 amide bonds. The molecule has 0 radical (unpaired) electrons. The Kier molecular flexibility index (Phi) is 8.85. The second-order valence-electron chi connectivity index (χ2n) is 8.78. The van der Waals surface area contributed by atoms with Crippen LogP contribution in [0.25, 0.3) is 0 Å². The first-order valence-corrected chi connectivity index (χ1v) is 13.2. The summed E-state index contributed by atoms with van der Waals surface area (Å²) in [6.45, 7) is 1.60. The minimum absolute atomic E-state index is 0.129. The lowest BCUT2D eigenvalue weighted by atomic mass is 9.83. The molecule has 8 heteroatoms. The van der Waals surface area contributed by atoms with Gasteiger partial charge in [-0.15, -0.1) is 11.3 Å². The van der Waals surface area contributed by atoms with E-state index in [1.807, 2.05) is 18.2 Å². The third-order valence-corrected chi connectivity index (χ3v) is 7.45. The van der Waals surface area contributed by atoms with E-state index in [9.17, 15) is 19.2 Å². The fourth-order valence-corrected chi connectivity index (χ4v) is 5.76. The van der Waals surface area contributed by atoms with E-state index in [0.717, 1.165) is 29.7 Å². The summed E-state index contributed by atoms with van der Waals surface area (Å²) in [5, 5.41) is 3.27. The van der Waals surface area contributed by atoms with Gasteiger partial charge in [0.1, 0.15) is 5.00 Å². The highest BCUT2D eigenvalue weighted by atomic mass is 32.1. The molecule has 1 aromatic heterocycles. The average molecular weight is 520 g/mol. The van der Waals surface area contributed by atoms with Gasteiger partial charge in [0.05, 0.1) is 18.6 Å². The molecule has 37 heavy (non-hydrogen) atoms. The number of ketones is 1. The van der Waals surface area contributed by atoms with Gasteiger partial charge in [-0.1, -0.05) is 60.7 Å². The van der Waals surface area contributed by atoms with Gasteiger partial charge in [-0.25, -0.2) is 4.79 Å². The zero-order valence-electron chi connectivity index (χ0n) is 20.7. The first-order chi connectivity index (χ1) is 18.0. The second kappa shape index (κ2) is 12.5. The molecule has 1 atom stereocenters. The van der Waals surface area contributed by atoms with Crippen LogP contribution in [-0.4, -0.2) is 36.8 Å². The van der Waals surface area contributed by atoms with Crippen LogP contribution >= 0.6 is 11.3 Å². The van der Waals surface area contributed by atoms with E-state index in [1.54, 1.807) is 37.3 Å². The number of carbonyl (C=O) groups is 4. The Morgan fingerprint density at radius 1 is 0.946 bits per heavy atom. The molecule has 0 bridgehead atoms. The smallest absolute Gasteiger partial charge is 0.341 e. The molecular formula is C29H29NO6S. The van der Waals surface area contributed by atoms with Crippen LogP contribution in [0, 0.1) is 0 Å². The van der Waals surface area contributed by atoms with Crippen molar-refractivity contribution in [2.24, 2.45) is 0 Å². The van der Waals surface area contributed by atoms with Gasteiger partial charge in [0.2, 0.25) is 5.91 Å². The van der Waals surface area contributed by atoms with Crippen molar-refractivity contribution in [3.05, 3.63) is 87.8 Å². The first kappa shape index (κ1) is 26.3. The molecule has 1 aliphatic carbocycles. The Hall–Kier alpha value is -3.78. The largest absolute Gasteiger partial charge is 0.462 e. The molecule has 0 unspecified atom stereocenters. The number of hydrogen-bond donors (Lipinski definition) is 1. The Balaban J connectivity index is 1.37. The quantitative estimate of drug-likeness (QED) is 0.287. The van der Waals surface area contributed by atoms with Gasteiger partial charge in [-0.3, -0.25) is 14.4 Å². The number of hydrogen-bond acceptors (Lipinski definition) is 7. The lowest BCUT2D eigenvalue weighted by Crippen LogP contribution is -2.18. The van der Waals surface area contributed by atoms with E-state index < -0.39 is 17.8 Å². The average Bonchev–Trinajstić information content (AvgIpc) is 3.28. The minimum Gasteiger partial charge on any atom is -0.462 e. The number of amides is 1. The molecule has 4 rings (SSSR count). The van der Waals surface area contributed by atoms with Crippen molar-refractivity contribution < 1.29 is 28.7 Å². The summed E-state index contributed by atoms with van der Waals surface area (Å²) >= 11 is 1.40. The van der Waals surface area contributed by atoms with Crippen LogP contribution in [0.1, 0.15) is 68.8 Å². The Morgan fingerprint density at radius 3 is 2.35 bits per heavy atom. The summed E-state index contributed by atoms with van der Waals surface area (Å²) in [5.74, 6) is -1.46. The predicted octanol–water partition coefficient (Wildman–Crippen LogP) is 5.34. The zero-order valence-corrected chi connectivity index (χ0v) is 21.5. The topological polar surface area (TPSA) is 98.8 Å². The second-order valence-corrected chi connectivity index (χ2v) is 9.88. The van der Waals surface area contributed by atoms with Crippen molar-refractivity contribution in [3.63, 3.8) is 0 Å². The highest BCUT2D eigenvalue weighted by Gasteiger charge is 2.31. The molecule has 0 aliphatic heterocycles. The lowest BCUT2D eigenvalue weighted by Gasteiger charge is -2.23. The summed E-state index contributed by atoms with van der Waals surface area (Å²) in [7, 11) is 0. The molecule has 1 aliphatic rings. The monoisotopic (exact) mass is 519 g/mol. The fraction of sp³-hybridized carbons (Fsp3) is 0.310. The molecule has 1 heterocycles. The standard InChI is InChI=1S/C29H29NO6S/c1-2-35-29(34)27-22-14-13-21(19-9-5-3-6-10-19)17-24(22)37-28(27)30-25(32)15-16-26(33)36-18-23(31)20-11-7-4-8-12-20/h3-12,21H,2,13-18H2,1H3,(H,30,32)/t21-/m0/s1. The number of anilines is 1. The van der Waals surface area contributed by atoms with Crippen molar-refractivity contribution in [1.82, 2.24) is 0 Å². The Morgan fingerprint density at radius 2 is 1.65 bits per heavy atom. The number of rotatable bonds is 10. The number of thiophene rings is 1. The summed E-state index contributed by atoms with van der Waals surface area (Å²) in [4.78, 5) is 50.7. The van der Waals surface area contributed by atoms with E-state index in [2.05, 4.69) is 17.4 Å². The van der Waals surface area contributed by atoms with Gasteiger partial charge in [0.15, 0.2) is 12.4 Å². The summed E-state index contributed by atoms with van der Waals surface area (Å²) in [5.41, 5.74) is 3.06. The highest BCUT2D eigenvalue weighted by Crippen LogP contribution is 2.42. The van der Waals surface area contributed by atoms with Crippen molar-refractivity contribution in [3.8, 4) is 0 Å². The van der Waals surface area contributed by atoms with Crippen molar-refractivity contribution >= 4 is 40.0 Å². The van der Waals surface area contributed by atoms with E-state index >= 15 is 0 Å². The summed E-state index contributed by atoms with van der Waals surface area (Å²) in [6.07, 6.45) is 2.10. The van der Waals surface area contributed by atoms with Gasteiger partial charge in [-0.05, 0) is 43.2 Å². The number of benzene rings is 2. The molecule has 0 saturated heterocycles. The van der Waals surface area contributed by atoms with Crippen molar-refractivity contribution in [2.75, 3.05) is 18.5 Å². The Labute approximate surface area is 219 Å². The molecular weight excluding hydrogens is 490 g/mol. The molecule has 0 saturated carbocycles. The normalized spacial score (nSPS) is 14.4.